The Balaban J connectivity index is 2.56. The summed E-state index contributed by atoms with van der Waals surface area (Å²) in [4.78, 5) is 26.7. The smallest absolute Gasteiger partial charge is 0.335 e. The fraction of sp³-hybridized carbons (Fsp3) is 0.500. The summed E-state index contributed by atoms with van der Waals surface area (Å²) < 4.78 is 0. The van der Waals surface area contributed by atoms with E-state index in [9.17, 15) is 9.59 Å². The van der Waals surface area contributed by atoms with Gasteiger partial charge < -0.3 is 10.0 Å². The molecular weight excluding hydrogens is 268 g/mol. The van der Waals surface area contributed by atoms with E-state index in [-0.39, 0.29) is 11.9 Å². The van der Waals surface area contributed by atoms with Crippen LogP contribution in [0.15, 0.2) is 24.3 Å². The molecule has 0 radical (unpaired) electrons. The number of likely N-dealkylation sites (N-methyl/N-ethyl adjacent to an activating group) is 2. The summed E-state index contributed by atoms with van der Waals surface area (Å²) in [7, 11) is 3.66. The topological polar surface area (TPSA) is 60.9 Å². The molecule has 5 heteroatoms. The summed E-state index contributed by atoms with van der Waals surface area (Å²) in [6, 6.07) is 7.16. The first-order valence-corrected chi connectivity index (χ1v) is 7.08. The second kappa shape index (κ2) is 7.78. The van der Waals surface area contributed by atoms with Crippen LogP contribution in [0.2, 0.25) is 0 Å². The summed E-state index contributed by atoms with van der Waals surface area (Å²) in [5.41, 5.74) is 1.12. The number of amides is 1. The van der Waals surface area contributed by atoms with Gasteiger partial charge in [0, 0.05) is 19.6 Å². The number of hydrogen-bond acceptors (Lipinski definition) is 3. The Bertz CT molecular complexity index is 500. The van der Waals surface area contributed by atoms with Gasteiger partial charge >= 0.3 is 5.97 Å². The average Bonchev–Trinajstić information content (AvgIpc) is 2.44. The van der Waals surface area contributed by atoms with Crippen LogP contribution in [0.5, 0.6) is 0 Å². The zero-order valence-electron chi connectivity index (χ0n) is 13.2. The molecule has 1 aromatic carbocycles. The first-order chi connectivity index (χ1) is 9.82. The number of nitrogens with zero attached hydrogens (tertiary/aromatic N) is 2. The van der Waals surface area contributed by atoms with Crippen LogP contribution >= 0.6 is 0 Å². The minimum Gasteiger partial charge on any atom is -0.478 e. The Labute approximate surface area is 126 Å². The van der Waals surface area contributed by atoms with Gasteiger partial charge in [0.2, 0.25) is 5.91 Å². The Hall–Kier alpha value is -1.88. The molecule has 0 unspecified atom stereocenters. The molecule has 0 heterocycles. The van der Waals surface area contributed by atoms with E-state index in [0.717, 1.165) is 5.56 Å². The Morgan fingerprint density at radius 1 is 1.19 bits per heavy atom. The summed E-state index contributed by atoms with van der Waals surface area (Å²) in [5.74, 6) is -0.845. The molecule has 0 atom stereocenters. The van der Waals surface area contributed by atoms with Crippen LogP contribution in [0.25, 0.3) is 0 Å². The van der Waals surface area contributed by atoms with Crippen molar-refractivity contribution in [1.82, 2.24) is 9.80 Å². The van der Waals surface area contributed by atoms with Crippen molar-refractivity contribution in [3.05, 3.63) is 35.4 Å². The van der Waals surface area contributed by atoms with Gasteiger partial charge in [-0.3, -0.25) is 9.69 Å². The van der Waals surface area contributed by atoms with Crippen molar-refractivity contribution in [1.29, 1.82) is 0 Å². The molecule has 0 aliphatic heterocycles. The van der Waals surface area contributed by atoms with Gasteiger partial charge in [-0.15, -0.1) is 0 Å². The fourth-order valence-electron chi connectivity index (χ4n) is 1.97. The number of carboxylic acids is 1. The summed E-state index contributed by atoms with van der Waals surface area (Å²) in [5, 5.41) is 9.14. The second-order valence-corrected chi connectivity index (χ2v) is 5.55. The Morgan fingerprint density at radius 3 is 2.38 bits per heavy atom. The van der Waals surface area contributed by atoms with Crippen LogP contribution in [-0.4, -0.2) is 60.0 Å². The van der Waals surface area contributed by atoms with Crippen molar-refractivity contribution in [2.45, 2.75) is 26.3 Å². The summed E-state index contributed by atoms with van der Waals surface area (Å²) in [6.07, 6.45) is 0.609. The molecule has 5 nitrogen and oxygen atoms in total. The minimum atomic E-state index is -0.913. The number of carbonyl (C=O) groups is 2. The molecule has 0 aliphatic rings. The maximum Gasteiger partial charge on any atom is 0.335 e. The van der Waals surface area contributed by atoms with E-state index < -0.39 is 5.97 Å². The minimum absolute atomic E-state index is 0.0685. The van der Waals surface area contributed by atoms with E-state index >= 15 is 0 Å². The predicted molar refractivity (Wildman–Crippen MR) is 82.5 cm³/mol. The Morgan fingerprint density at radius 2 is 1.81 bits per heavy atom. The number of carbonyl (C=O) groups excluding carboxylic acids is 1. The van der Waals surface area contributed by atoms with Gasteiger partial charge in [0.25, 0.3) is 0 Å². The Kier molecular flexibility index (Phi) is 6.37. The van der Waals surface area contributed by atoms with Crippen LogP contribution in [0.4, 0.5) is 0 Å². The lowest BCUT2D eigenvalue weighted by atomic mass is 10.0. The van der Waals surface area contributed by atoms with E-state index in [1.54, 1.807) is 24.1 Å². The molecule has 1 N–H and O–H groups in total. The van der Waals surface area contributed by atoms with E-state index in [1.807, 2.05) is 37.9 Å². The molecular formula is C16H24N2O3. The van der Waals surface area contributed by atoms with E-state index in [0.29, 0.717) is 25.1 Å². The first kappa shape index (κ1) is 17.2. The van der Waals surface area contributed by atoms with Crippen molar-refractivity contribution < 1.29 is 14.7 Å². The third kappa shape index (κ3) is 5.19. The third-order valence-electron chi connectivity index (χ3n) is 3.58. The maximum atomic E-state index is 12.0. The molecule has 0 fully saturated rings. The van der Waals surface area contributed by atoms with Gasteiger partial charge in [-0.2, -0.15) is 0 Å². The number of carboxylic acid groups (broad SMARTS) is 1. The molecule has 0 saturated carbocycles. The average molecular weight is 292 g/mol. The highest BCUT2D eigenvalue weighted by Gasteiger charge is 2.15. The van der Waals surface area contributed by atoms with Gasteiger partial charge in [-0.05, 0) is 38.9 Å². The summed E-state index contributed by atoms with van der Waals surface area (Å²) in [6.45, 7) is 4.92. The van der Waals surface area contributed by atoms with Crippen molar-refractivity contribution in [2.24, 2.45) is 0 Å². The monoisotopic (exact) mass is 292 g/mol. The lowest BCUT2D eigenvalue weighted by Gasteiger charge is -2.25. The normalized spacial score (nSPS) is 11.0. The highest BCUT2D eigenvalue weighted by atomic mass is 16.4. The van der Waals surface area contributed by atoms with Crippen molar-refractivity contribution in [2.75, 3.05) is 27.2 Å². The SMILES string of the molecule is CC(C)N(C)C(=O)CN(C)CCc1ccccc1C(=O)O. The van der Waals surface area contributed by atoms with Crippen molar-refractivity contribution in [3.63, 3.8) is 0 Å². The zero-order valence-corrected chi connectivity index (χ0v) is 13.2. The van der Waals surface area contributed by atoms with Gasteiger partial charge in [0.1, 0.15) is 0 Å². The standard InChI is InChI=1S/C16H24N2O3/c1-12(2)18(4)15(19)11-17(3)10-9-13-7-5-6-8-14(13)16(20)21/h5-8,12H,9-11H2,1-4H3,(H,20,21). The molecule has 21 heavy (non-hydrogen) atoms. The van der Waals surface area contributed by atoms with Crippen LogP contribution in [0.3, 0.4) is 0 Å². The van der Waals surface area contributed by atoms with Crippen molar-refractivity contribution >= 4 is 11.9 Å². The predicted octanol–water partition coefficient (Wildman–Crippen LogP) is 1.73. The molecule has 0 aromatic heterocycles. The number of benzene rings is 1. The van der Waals surface area contributed by atoms with Gasteiger partial charge in [-0.1, -0.05) is 18.2 Å². The molecule has 1 aromatic rings. The number of aromatic carboxylic acids is 1. The lowest BCUT2D eigenvalue weighted by Crippen LogP contribution is -2.40. The van der Waals surface area contributed by atoms with Crippen LogP contribution in [0.1, 0.15) is 29.8 Å². The molecule has 0 aliphatic carbocycles. The lowest BCUT2D eigenvalue weighted by molar-refractivity contribution is -0.132. The van der Waals surface area contributed by atoms with E-state index in [2.05, 4.69) is 0 Å². The number of rotatable bonds is 7. The quantitative estimate of drug-likeness (QED) is 0.831. The van der Waals surface area contributed by atoms with Gasteiger partial charge in [-0.25, -0.2) is 4.79 Å². The van der Waals surface area contributed by atoms with Gasteiger partial charge in [0.15, 0.2) is 0 Å². The molecule has 0 saturated heterocycles. The van der Waals surface area contributed by atoms with Crippen LogP contribution in [-0.2, 0) is 11.2 Å². The van der Waals surface area contributed by atoms with Crippen LogP contribution in [0, 0.1) is 0 Å². The molecule has 1 amide bonds. The first-order valence-electron chi connectivity index (χ1n) is 7.08. The molecule has 1 rings (SSSR count). The highest BCUT2D eigenvalue weighted by molar-refractivity contribution is 5.89. The fourth-order valence-corrected chi connectivity index (χ4v) is 1.97. The van der Waals surface area contributed by atoms with E-state index in [1.165, 1.54) is 0 Å². The van der Waals surface area contributed by atoms with E-state index in [4.69, 9.17) is 5.11 Å². The summed E-state index contributed by atoms with van der Waals surface area (Å²) >= 11 is 0. The second-order valence-electron chi connectivity index (χ2n) is 5.55. The zero-order chi connectivity index (χ0) is 16.0. The largest absolute Gasteiger partial charge is 0.478 e. The molecule has 0 spiro atoms. The van der Waals surface area contributed by atoms with Gasteiger partial charge in [0.05, 0.1) is 12.1 Å². The maximum absolute atomic E-state index is 12.0. The van der Waals surface area contributed by atoms with Crippen molar-refractivity contribution in [3.8, 4) is 0 Å². The third-order valence-corrected chi connectivity index (χ3v) is 3.58. The molecule has 116 valence electrons. The highest BCUT2D eigenvalue weighted by Crippen LogP contribution is 2.10. The number of hydrogen-bond donors (Lipinski definition) is 1. The molecule has 0 bridgehead atoms. The van der Waals surface area contributed by atoms with Crippen LogP contribution < -0.4 is 0 Å².